The molecular formula is C13H17NO3S. The van der Waals surface area contributed by atoms with E-state index < -0.39 is 10.0 Å². The van der Waals surface area contributed by atoms with Crippen molar-refractivity contribution in [1.29, 1.82) is 0 Å². The van der Waals surface area contributed by atoms with Crippen molar-refractivity contribution < 1.29 is 13.5 Å². The maximum absolute atomic E-state index is 12.5. The van der Waals surface area contributed by atoms with Gasteiger partial charge in [0.05, 0.1) is 11.5 Å². The molecule has 1 aliphatic carbocycles. The van der Waals surface area contributed by atoms with Gasteiger partial charge in [-0.15, -0.1) is 0 Å². The number of piperidine rings is 1. The summed E-state index contributed by atoms with van der Waals surface area (Å²) < 4.78 is 26.7. The fourth-order valence-electron chi connectivity index (χ4n) is 3.11. The zero-order chi connectivity index (χ0) is 12.8. The molecule has 0 aromatic heterocycles. The molecule has 0 amide bonds. The predicted molar refractivity (Wildman–Crippen MR) is 67.4 cm³/mol. The number of hydrogen-bond acceptors (Lipinski definition) is 3. The number of rotatable bonds is 3. The summed E-state index contributed by atoms with van der Waals surface area (Å²) in [7, 11) is -3.38. The van der Waals surface area contributed by atoms with Gasteiger partial charge in [-0.1, -0.05) is 12.1 Å². The van der Waals surface area contributed by atoms with Crippen LogP contribution in [-0.4, -0.2) is 30.4 Å². The van der Waals surface area contributed by atoms with E-state index in [1.807, 2.05) is 0 Å². The van der Waals surface area contributed by atoms with Gasteiger partial charge in [-0.3, -0.25) is 0 Å². The third kappa shape index (κ3) is 1.86. The van der Waals surface area contributed by atoms with Crippen molar-refractivity contribution in [3.8, 4) is 0 Å². The molecule has 1 aliphatic heterocycles. The maximum Gasteiger partial charge on any atom is 0.243 e. The molecule has 0 spiro atoms. The van der Waals surface area contributed by atoms with E-state index in [4.69, 9.17) is 5.11 Å². The first kappa shape index (κ1) is 12.1. The maximum atomic E-state index is 12.5. The van der Waals surface area contributed by atoms with E-state index in [-0.39, 0.29) is 12.6 Å². The summed E-state index contributed by atoms with van der Waals surface area (Å²) in [5.74, 6) is 0.547. The Hall–Kier alpha value is -0.910. The van der Waals surface area contributed by atoms with Crippen LogP contribution in [0.1, 0.15) is 24.8 Å². The quantitative estimate of drug-likeness (QED) is 0.899. The topological polar surface area (TPSA) is 57.6 Å². The van der Waals surface area contributed by atoms with Gasteiger partial charge in [-0.05, 0) is 42.9 Å². The van der Waals surface area contributed by atoms with E-state index in [1.54, 1.807) is 28.6 Å². The molecule has 1 aromatic carbocycles. The largest absolute Gasteiger partial charge is 0.392 e. The van der Waals surface area contributed by atoms with E-state index >= 15 is 0 Å². The molecule has 3 rings (SSSR count). The van der Waals surface area contributed by atoms with Gasteiger partial charge in [-0.2, -0.15) is 4.31 Å². The molecule has 5 heteroatoms. The molecule has 1 saturated heterocycles. The summed E-state index contributed by atoms with van der Waals surface area (Å²) in [6, 6.07) is 6.79. The van der Waals surface area contributed by atoms with Crippen LogP contribution in [0.3, 0.4) is 0 Å². The molecule has 1 saturated carbocycles. The van der Waals surface area contributed by atoms with Gasteiger partial charge in [0.1, 0.15) is 0 Å². The van der Waals surface area contributed by atoms with Crippen LogP contribution >= 0.6 is 0 Å². The first-order valence-electron chi connectivity index (χ1n) is 6.33. The lowest BCUT2D eigenvalue weighted by molar-refractivity contribution is 0.281. The van der Waals surface area contributed by atoms with Crippen LogP contribution in [0.5, 0.6) is 0 Å². The highest BCUT2D eigenvalue weighted by atomic mass is 32.2. The number of nitrogens with zero attached hydrogens (tertiary/aromatic N) is 1. The number of sulfonamides is 1. The smallest absolute Gasteiger partial charge is 0.243 e. The molecule has 2 aliphatic rings. The van der Waals surface area contributed by atoms with E-state index in [0.29, 0.717) is 22.9 Å². The Balaban J connectivity index is 1.94. The summed E-state index contributed by atoms with van der Waals surface area (Å²) >= 11 is 0. The van der Waals surface area contributed by atoms with Gasteiger partial charge in [0.25, 0.3) is 0 Å². The van der Waals surface area contributed by atoms with Gasteiger partial charge in [-0.25, -0.2) is 8.42 Å². The lowest BCUT2D eigenvalue weighted by Gasteiger charge is -2.26. The third-order valence-corrected chi connectivity index (χ3v) is 5.96. The number of hydrogen-bond donors (Lipinski definition) is 1. The first-order valence-corrected chi connectivity index (χ1v) is 7.77. The average Bonchev–Trinajstić information content (AvgIpc) is 3.01. The van der Waals surface area contributed by atoms with Gasteiger partial charge < -0.3 is 5.11 Å². The summed E-state index contributed by atoms with van der Waals surface area (Å²) in [4.78, 5) is 0.307. The van der Waals surface area contributed by atoms with Crippen molar-refractivity contribution in [1.82, 2.24) is 4.31 Å². The fraction of sp³-hybridized carbons (Fsp3) is 0.538. The summed E-state index contributed by atoms with van der Waals surface area (Å²) in [6.45, 7) is 0.533. The number of aliphatic hydroxyl groups is 1. The third-order valence-electron chi connectivity index (χ3n) is 4.05. The zero-order valence-electron chi connectivity index (χ0n) is 10.1. The SMILES string of the molecule is O=S(=O)(c1cccc(CO)c1)N1CC2CCC1C2. The minimum Gasteiger partial charge on any atom is -0.392 e. The summed E-state index contributed by atoms with van der Waals surface area (Å²) in [5, 5.41) is 9.09. The Bertz CT molecular complexity index is 555. The minimum atomic E-state index is -3.38. The predicted octanol–water partition coefficient (Wildman–Crippen LogP) is 1.35. The van der Waals surface area contributed by atoms with Crippen molar-refractivity contribution in [2.75, 3.05) is 6.54 Å². The lowest BCUT2D eigenvalue weighted by atomic mass is 10.1. The molecule has 0 radical (unpaired) electrons. The van der Waals surface area contributed by atoms with Crippen LogP contribution in [0, 0.1) is 5.92 Å². The minimum absolute atomic E-state index is 0.130. The molecule has 1 aromatic rings. The van der Waals surface area contributed by atoms with Gasteiger partial charge >= 0.3 is 0 Å². The van der Waals surface area contributed by atoms with Crippen molar-refractivity contribution in [2.24, 2.45) is 5.92 Å². The Morgan fingerprint density at radius 2 is 2.17 bits per heavy atom. The van der Waals surface area contributed by atoms with Crippen molar-refractivity contribution >= 4 is 10.0 Å². The molecule has 2 unspecified atom stereocenters. The number of aliphatic hydroxyl groups excluding tert-OH is 1. The normalized spacial score (nSPS) is 27.8. The lowest BCUT2D eigenvalue weighted by Crippen LogP contribution is -2.37. The van der Waals surface area contributed by atoms with E-state index in [2.05, 4.69) is 0 Å². The van der Waals surface area contributed by atoms with Crippen LogP contribution < -0.4 is 0 Å². The number of fused-ring (bicyclic) bond motifs is 2. The second-order valence-electron chi connectivity index (χ2n) is 5.21. The highest BCUT2D eigenvalue weighted by molar-refractivity contribution is 7.89. The first-order chi connectivity index (χ1) is 8.61. The Kier molecular flexibility index (Phi) is 2.92. The van der Waals surface area contributed by atoms with E-state index in [9.17, 15) is 8.42 Å². The highest BCUT2D eigenvalue weighted by Gasteiger charge is 2.44. The van der Waals surface area contributed by atoms with Crippen LogP contribution in [0.15, 0.2) is 29.2 Å². The van der Waals surface area contributed by atoms with E-state index in [1.165, 1.54) is 0 Å². The van der Waals surface area contributed by atoms with Crippen LogP contribution in [0.2, 0.25) is 0 Å². The molecule has 2 bridgehead atoms. The monoisotopic (exact) mass is 267 g/mol. The van der Waals surface area contributed by atoms with Crippen molar-refractivity contribution in [2.45, 2.75) is 36.8 Å². The van der Waals surface area contributed by atoms with Crippen LogP contribution in [0.4, 0.5) is 0 Å². The second-order valence-corrected chi connectivity index (χ2v) is 7.10. The van der Waals surface area contributed by atoms with Gasteiger partial charge in [0.2, 0.25) is 10.0 Å². The molecule has 18 heavy (non-hydrogen) atoms. The van der Waals surface area contributed by atoms with Gasteiger partial charge in [0.15, 0.2) is 0 Å². The Labute approximate surface area is 107 Å². The van der Waals surface area contributed by atoms with Crippen LogP contribution in [0.25, 0.3) is 0 Å². The molecule has 2 atom stereocenters. The average molecular weight is 267 g/mol. The van der Waals surface area contributed by atoms with Crippen molar-refractivity contribution in [3.63, 3.8) is 0 Å². The molecule has 98 valence electrons. The Morgan fingerprint density at radius 3 is 2.78 bits per heavy atom. The molecular weight excluding hydrogens is 250 g/mol. The molecule has 2 fully saturated rings. The molecule has 1 N–H and O–H groups in total. The van der Waals surface area contributed by atoms with Crippen molar-refractivity contribution in [3.05, 3.63) is 29.8 Å². The Morgan fingerprint density at radius 1 is 1.33 bits per heavy atom. The fourth-order valence-corrected chi connectivity index (χ4v) is 4.93. The molecule has 4 nitrogen and oxygen atoms in total. The summed E-state index contributed by atoms with van der Waals surface area (Å²) in [5.41, 5.74) is 0.639. The van der Waals surface area contributed by atoms with Gasteiger partial charge in [0, 0.05) is 12.6 Å². The molecule has 1 heterocycles. The van der Waals surface area contributed by atoms with Crippen LogP contribution in [-0.2, 0) is 16.6 Å². The zero-order valence-corrected chi connectivity index (χ0v) is 10.9. The summed E-state index contributed by atoms with van der Waals surface area (Å²) in [6.07, 6.45) is 3.16. The second kappa shape index (κ2) is 4.33. The van der Waals surface area contributed by atoms with E-state index in [0.717, 1.165) is 19.3 Å². The standard InChI is InChI=1S/C13H17NO3S/c15-9-11-2-1-3-13(7-11)18(16,17)14-8-10-4-5-12(14)6-10/h1-3,7,10,12,15H,4-6,8-9H2. The highest BCUT2D eigenvalue weighted by Crippen LogP contribution is 2.40. The number of benzene rings is 1.